The van der Waals surface area contributed by atoms with Crippen LogP contribution in [0.3, 0.4) is 0 Å². The SMILES string of the molecule is CC(C)COCCCNC(=O)NC(CCC(N)=O)C(=O)O. The van der Waals surface area contributed by atoms with Gasteiger partial charge in [-0.1, -0.05) is 13.8 Å². The van der Waals surface area contributed by atoms with Crippen molar-refractivity contribution in [2.45, 2.75) is 39.2 Å². The van der Waals surface area contributed by atoms with E-state index in [2.05, 4.69) is 10.6 Å². The lowest BCUT2D eigenvalue weighted by atomic mass is 10.1. The highest BCUT2D eigenvalue weighted by Crippen LogP contribution is 1.97. The monoisotopic (exact) mass is 303 g/mol. The summed E-state index contributed by atoms with van der Waals surface area (Å²) in [6.45, 7) is 5.67. The summed E-state index contributed by atoms with van der Waals surface area (Å²) in [5, 5.41) is 13.7. The smallest absolute Gasteiger partial charge is 0.326 e. The normalized spacial score (nSPS) is 12.0. The Morgan fingerprint density at radius 2 is 1.95 bits per heavy atom. The van der Waals surface area contributed by atoms with Crippen LogP contribution in [0.1, 0.15) is 33.1 Å². The number of hydrogen-bond acceptors (Lipinski definition) is 4. The van der Waals surface area contributed by atoms with Gasteiger partial charge in [0.1, 0.15) is 6.04 Å². The molecule has 0 bridgehead atoms. The second-order valence-corrected chi connectivity index (χ2v) is 5.12. The van der Waals surface area contributed by atoms with Gasteiger partial charge in [-0.25, -0.2) is 9.59 Å². The molecule has 0 aliphatic heterocycles. The highest BCUT2D eigenvalue weighted by molar-refractivity contribution is 5.83. The zero-order valence-electron chi connectivity index (χ0n) is 12.6. The quantitative estimate of drug-likeness (QED) is 0.401. The lowest BCUT2D eigenvalue weighted by Gasteiger charge is -2.14. The second kappa shape index (κ2) is 10.9. The van der Waals surface area contributed by atoms with Crippen LogP contribution in [0.25, 0.3) is 0 Å². The number of nitrogens with one attached hydrogen (secondary N) is 2. The Labute approximate surface area is 124 Å². The number of primary amides is 1. The van der Waals surface area contributed by atoms with Crippen molar-refractivity contribution in [3.05, 3.63) is 0 Å². The molecule has 0 aliphatic rings. The Morgan fingerprint density at radius 1 is 1.29 bits per heavy atom. The summed E-state index contributed by atoms with van der Waals surface area (Å²) in [6.07, 6.45) is 0.509. The summed E-state index contributed by atoms with van der Waals surface area (Å²) >= 11 is 0. The Balaban J connectivity index is 3.83. The molecule has 0 saturated carbocycles. The van der Waals surface area contributed by atoms with Gasteiger partial charge in [0.15, 0.2) is 0 Å². The second-order valence-electron chi connectivity index (χ2n) is 5.12. The minimum Gasteiger partial charge on any atom is -0.480 e. The average Bonchev–Trinajstić information content (AvgIpc) is 2.37. The number of amides is 3. The van der Waals surface area contributed by atoms with Crippen molar-refractivity contribution in [1.82, 2.24) is 10.6 Å². The van der Waals surface area contributed by atoms with Gasteiger partial charge in [0, 0.05) is 26.2 Å². The maximum atomic E-state index is 11.5. The average molecular weight is 303 g/mol. The van der Waals surface area contributed by atoms with Gasteiger partial charge >= 0.3 is 12.0 Å². The fraction of sp³-hybridized carbons (Fsp3) is 0.769. The molecule has 0 aromatic carbocycles. The number of ether oxygens (including phenoxy) is 1. The number of carboxylic acids is 1. The zero-order valence-corrected chi connectivity index (χ0v) is 12.6. The van der Waals surface area contributed by atoms with Gasteiger partial charge in [-0.2, -0.15) is 0 Å². The lowest BCUT2D eigenvalue weighted by Crippen LogP contribution is -2.46. The number of nitrogens with two attached hydrogens (primary N) is 1. The van der Waals surface area contributed by atoms with Crippen LogP contribution in [0.4, 0.5) is 4.79 Å². The molecule has 0 saturated heterocycles. The molecule has 0 heterocycles. The fourth-order valence-electron chi connectivity index (χ4n) is 1.45. The van der Waals surface area contributed by atoms with Gasteiger partial charge in [-0.05, 0) is 18.8 Å². The molecule has 8 heteroatoms. The van der Waals surface area contributed by atoms with E-state index < -0.39 is 23.9 Å². The Morgan fingerprint density at radius 3 is 2.48 bits per heavy atom. The van der Waals surface area contributed by atoms with Gasteiger partial charge in [0.25, 0.3) is 0 Å². The number of rotatable bonds is 11. The molecular formula is C13H25N3O5. The summed E-state index contributed by atoms with van der Waals surface area (Å²) in [4.78, 5) is 33.0. The van der Waals surface area contributed by atoms with Gasteiger partial charge in [-0.3, -0.25) is 4.79 Å². The molecular weight excluding hydrogens is 278 g/mol. The summed E-state index contributed by atoms with van der Waals surface area (Å²) in [6, 6.07) is -1.72. The summed E-state index contributed by atoms with van der Waals surface area (Å²) in [5.74, 6) is -1.35. The number of aliphatic carboxylic acids is 1. The molecule has 122 valence electrons. The molecule has 21 heavy (non-hydrogen) atoms. The molecule has 0 aromatic heterocycles. The van der Waals surface area contributed by atoms with Gasteiger partial charge in [0.05, 0.1) is 0 Å². The first kappa shape index (κ1) is 19.2. The highest BCUT2D eigenvalue weighted by atomic mass is 16.5. The maximum Gasteiger partial charge on any atom is 0.326 e. The molecule has 1 atom stereocenters. The van der Waals surface area contributed by atoms with Crippen LogP contribution >= 0.6 is 0 Å². The molecule has 0 rings (SSSR count). The number of carbonyl (C=O) groups excluding carboxylic acids is 2. The molecule has 5 N–H and O–H groups in total. The van der Waals surface area contributed by atoms with Crippen LogP contribution < -0.4 is 16.4 Å². The Kier molecular flexibility index (Phi) is 9.95. The standard InChI is InChI=1S/C13H25N3O5/c1-9(2)8-21-7-3-6-15-13(20)16-10(12(18)19)4-5-11(14)17/h9-10H,3-8H2,1-2H3,(H2,14,17)(H,18,19)(H2,15,16,20). The molecule has 3 amide bonds. The van der Waals surface area contributed by atoms with Crippen LogP contribution in [-0.4, -0.2) is 48.8 Å². The Bertz CT molecular complexity index is 347. The van der Waals surface area contributed by atoms with E-state index in [1.54, 1.807) is 0 Å². The van der Waals surface area contributed by atoms with Crippen LogP contribution in [0.5, 0.6) is 0 Å². The van der Waals surface area contributed by atoms with E-state index in [4.69, 9.17) is 15.6 Å². The molecule has 8 nitrogen and oxygen atoms in total. The molecule has 0 radical (unpaired) electrons. The van der Waals surface area contributed by atoms with E-state index in [1.165, 1.54) is 0 Å². The third kappa shape index (κ3) is 11.7. The van der Waals surface area contributed by atoms with E-state index >= 15 is 0 Å². The van der Waals surface area contributed by atoms with Crippen molar-refractivity contribution < 1.29 is 24.2 Å². The minimum absolute atomic E-state index is 0.0322. The first-order chi connectivity index (χ1) is 9.82. The van der Waals surface area contributed by atoms with Gasteiger partial charge in [-0.15, -0.1) is 0 Å². The molecule has 0 fully saturated rings. The number of carbonyl (C=O) groups is 3. The van der Waals surface area contributed by atoms with E-state index in [1.807, 2.05) is 13.8 Å². The van der Waals surface area contributed by atoms with E-state index in [-0.39, 0.29) is 12.8 Å². The Hall–Kier alpha value is -1.83. The van der Waals surface area contributed by atoms with Crippen LogP contribution in [-0.2, 0) is 14.3 Å². The van der Waals surface area contributed by atoms with Crippen molar-refractivity contribution in [1.29, 1.82) is 0 Å². The molecule has 1 unspecified atom stereocenters. The first-order valence-corrected chi connectivity index (χ1v) is 6.96. The summed E-state index contributed by atoms with van der Waals surface area (Å²) < 4.78 is 5.34. The third-order valence-electron chi connectivity index (χ3n) is 2.49. The van der Waals surface area contributed by atoms with E-state index in [0.29, 0.717) is 32.1 Å². The topological polar surface area (TPSA) is 131 Å². The van der Waals surface area contributed by atoms with E-state index in [0.717, 1.165) is 0 Å². The van der Waals surface area contributed by atoms with Gasteiger partial charge in [0.2, 0.25) is 5.91 Å². The predicted molar refractivity (Wildman–Crippen MR) is 76.7 cm³/mol. The number of hydrogen-bond donors (Lipinski definition) is 4. The van der Waals surface area contributed by atoms with Crippen LogP contribution in [0.15, 0.2) is 0 Å². The van der Waals surface area contributed by atoms with Crippen LogP contribution in [0.2, 0.25) is 0 Å². The minimum atomic E-state index is -1.20. The van der Waals surface area contributed by atoms with Crippen molar-refractivity contribution in [2.75, 3.05) is 19.8 Å². The predicted octanol–water partition coefficient (Wildman–Crippen LogP) is 0.0670. The fourth-order valence-corrected chi connectivity index (χ4v) is 1.45. The molecule has 0 aliphatic carbocycles. The number of urea groups is 1. The molecule has 0 aromatic rings. The lowest BCUT2D eigenvalue weighted by molar-refractivity contribution is -0.139. The first-order valence-electron chi connectivity index (χ1n) is 6.96. The van der Waals surface area contributed by atoms with Crippen molar-refractivity contribution in [3.8, 4) is 0 Å². The summed E-state index contributed by atoms with van der Waals surface area (Å²) in [7, 11) is 0. The molecule has 0 spiro atoms. The third-order valence-corrected chi connectivity index (χ3v) is 2.49. The largest absolute Gasteiger partial charge is 0.480 e. The van der Waals surface area contributed by atoms with Crippen molar-refractivity contribution in [3.63, 3.8) is 0 Å². The maximum absolute atomic E-state index is 11.5. The van der Waals surface area contributed by atoms with Crippen LogP contribution in [0, 0.1) is 5.92 Å². The van der Waals surface area contributed by atoms with Gasteiger partial charge < -0.3 is 26.2 Å². The highest BCUT2D eigenvalue weighted by Gasteiger charge is 2.20. The zero-order chi connectivity index (χ0) is 16.3. The summed E-state index contributed by atoms with van der Waals surface area (Å²) in [5.41, 5.74) is 4.95. The van der Waals surface area contributed by atoms with Crippen molar-refractivity contribution in [2.24, 2.45) is 11.7 Å². The van der Waals surface area contributed by atoms with Crippen molar-refractivity contribution >= 4 is 17.9 Å². The number of carboxylic acid groups (broad SMARTS) is 1. The van der Waals surface area contributed by atoms with E-state index in [9.17, 15) is 14.4 Å².